The number of rotatable bonds is 0. The van der Waals surface area contributed by atoms with Gasteiger partial charge < -0.3 is 5.73 Å². The fourth-order valence-electron chi connectivity index (χ4n) is 1.97. The van der Waals surface area contributed by atoms with E-state index in [0.29, 0.717) is 0 Å². The summed E-state index contributed by atoms with van der Waals surface area (Å²) in [6, 6.07) is 4.37. The maximum atomic E-state index is 6.00. The van der Waals surface area contributed by atoms with Crippen LogP contribution in [-0.4, -0.2) is 0 Å². The molecule has 0 saturated heterocycles. The molecule has 0 amide bonds. The molecule has 1 aromatic carbocycles. The van der Waals surface area contributed by atoms with Crippen LogP contribution in [0, 0.1) is 6.92 Å². The van der Waals surface area contributed by atoms with Crippen LogP contribution in [0.25, 0.3) is 0 Å². The maximum Gasteiger partial charge on any atom is 0.0379 e. The van der Waals surface area contributed by atoms with Gasteiger partial charge in [-0.15, -0.1) is 12.4 Å². The number of benzene rings is 1. The number of hydrogen-bond acceptors (Lipinski definition) is 1. The number of fused-ring (bicyclic) bond motifs is 1. The molecule has 0 aromatic heterocycles. The zero-order chi connectivity index (χ0) is 8.55. The van der Waals surface area contributed by atoms with Crippen molar-refractivity contribution < 1.29 is 0 Å². The van der Waals surface area contributed by atoms with Gasteiger partial charge in [-0.2, -0.15) is 0 Å². The Hall–Kier alpha value is -0.690. The first-order chi connectivity index (χ1) is 5.79. The van der Waals surface area contributed by atoms with Gasteiger partial charge in [0.1, 0.15) is 0 Å². The van der Waals surface area contributed by atoms with E-state index in [9.17, 15) is 0 Å². The van der Waals surface area contributed by atoms with Crippen molar-refractivity contribution >= 4 is 18.1 Å². The summed E-state index contributed by atoms with van der Waals surface area (Å²) in [5.74, 6) is 0. The summed E-state index contributed by atoms with van der Waals surface area (Å²) in [6.07, 6.45) is 5.04. The summed E-state index contributed by atoms with van der Waals surface area (Å²) in [4.78, 5) is 0. The Morgan fingerprint density at radius 3 is 2.62 bits per heavy atom. The Morgan fingerprint density at radius 2 is 1.85 bits per heavy atom. The minimum atomic E-state index is 0. The molecule has 0 bridgehead atoms. The zero-order valence-electron chi connectivity index (χ0n) is 7.97. The lowest BCUT2D eigenvalue weighted by Crippen LogP contribution is -2.07. The third kappa shape index (κ3) is 1.80. The summed E-state index contributed by atoms with van der Waals surface area (Å²) < 4.78 is 0. The van der Waals surface area contributed by atoms with Gasteiger partial charge in [0.25, 0.3) is 0 Å². The standard InChI is InChI=1S/C11H15N.ClH/c1-8-6-7-9-4-2-3-5-10(9)11(8)12;/h6-7H,2-5,12H2,1H3;1H. The highest BCUT2D eigenvalue weighted by molar-refractivity contribution is 5.85. The van der Waals surface area contributed by atoms with Crippen molar-refractivity contribution in [1.29, 1.82) is 0 Å². The second-order valence-corrected chi connectivity index (χ2v) is 3.64. The molecule has 0 spiro atoms. The predicted molar refractivity (Wildman–Crippen MR) is 59.5 cm³/mol. The molecule has 1 aliphatic carbocycles. The van der Waals surface area contributed by atoms with Crippen molar-refractivity contribution in [3.63, 3.8) is 0 Å². The first-order valence-electron chi connectivity index (χ1n) is 4.66. The summed E-state index contributed by atoms with van der Waals surface area (Å²) >= 11 is 0. The number of halogens is 1. The highest BCUT2D eigenvalue weighted by Crippen LogP contribution is 2.28. The van der Waals surface area contributed by atoms with Crippen molar-refractivity contribution in [3.05, 3.63) is 28.8 Å². The fourth-order valence-corrected chi connectivity index (χ4v) is 1.97. The molecule has 2 heteroatoms. The largest absolute Gasteiger partial charge is 0.398 e. The molecule has 1 nitrogen and oxygen atoms in total. The summed E-state index contributed by atoms with van der Waals surface area (Å²) in [5.41, 5.74) is 11.2. The van der Waals surface area contributed by atoms with Crippen LogP contribution in [0.2, 0.25) is 0 Å². The molecule has 0 saturated carbocycles. The average Bonchev–Trinajstić information content (AvgIpc) is 2.12. The van der Waals surface area contributed by atoms with Crippen molar-refractivity contribution in [3.8, 4) is 0 Å². The Labute approximate surface area is 85.7 Å². The Bertz CT molecular complexity index is 307. The molecule has 0 aliphatic heterocycles. The molecule has 0 radical (unpaired) electrons. The van der Waals surface area contributed by atoms with E-state index in [2.05, 4.69) is 19.1 Å². The molecule has 0 atom stereocenters. The third-order valence-corrected chi connectivity index (χ3v) is 2.79. The monoisotopic (exact) mass is 197 g/mol. The van der Waals surface area contributed by atoms with Gasteiger partial charge in [0.2, 0.25) is 0 Å². The minimum absolute atomic E-state index is 0. The van der Waals surface area contributed by atoms with Crippen LogP contribution in [0.5, 0.6) is 0 Å². The van der Waals surface area contributed by atoms with E-state index in [-0.39, 0.29) is 12.4 Å². The topological polar surface area (TPSA) is 26.0 Å². The molecular weight excluding hydrogens is 182 g/mol. The summed E-state index contributed by atoms with van der Waals surface area (Å²) in [6.45, 7) is 2.09. The van der Waals surface area contributed by atoms with Crippen LogP contribution < -0.4 is 5.73 Å². The summed E-state index contributed by atoms with van der Waals surface area (Å²) in [7, 11) is 0. The Balaban J connectivity index is 0.000000845. The first-order valence-corrected chi connectivity index (χ1v) is 4.66. The molecule has 0 fully saturated rings. The molecule has 0 unspecified atom stereocenters. The molecule has 13 heavy (non-hydrogen) atoms. The average molecular weight is 198 g/mol. The molecule has 0 heterocycles. The van der Waals surface area contributed by atoms with Crippen molar-refractivity contribution in [2.24, 2.45) is 0 Å². The SMILES string of the molecule is Cc1ccc2c(c1N)CCCC2.Cl. The molecule has 72 valence electrons. The number of nitrogen functional groups attached to an aromatic ring is 1. The lowest BCUT2D eigenvalue weighted by atomic mass is 9.89. The van der Waals surface area contributed by atoms with E-state index in [1.54, 1.807) is 0 Å². The third-order valence-electron chi connectivity index (χ3n) is 2.79. The maximum absolute atomic E-state index is 6.00. The zero-order valence-corrected chi connectivity index (χ0v) is 8.79. The molecular formula is C11H16ClN. The van der Waals surface area contributed by atoms with E-state index >= 15 is 0 Å². The molecule has 1 aliphatic rings. The Morgan fingerprint density at radius 1 is 1.15 bits per heavy atom. The predicted octanol–water partition coefficient (Wildman–Crippen LogP) is 2.88. The van der Waals surface area contributed by atoms with E-state index in [1.807, 2.05) is 0 Å². The van der Waals surface area contributed by atoms with Crippen LogP contribution in [0.1, 0.15) is 29.5 Å². The lowest BCUT2D eigenvalue weighted by Gasteiger charge is -2.18. The van der Waals surface area contributed by atoms with Gasteiger partial charge in [-0.05, 0) is 49.3 Å². The molecule has 2 rings (SSSR count). The van der Waals surface area contributed by atoms with E-state index < -0.39 is 0 Å². The van der Waals surface area contributed by atoms with Crippen LogP contribution in [0.4, 0.5) is 5.69 Å². The minimum Gasteiger partial charge on any atom is -0.398 e. The van der Waals surface area contributed by atoms with Gasteiger partial charge in [0, 0.05) is 5.69 Å². The van der Waals surface area contributed by atoms with Gasteiger partial charge in [-0.1, -0.05) is 12.1 Å². The van der Waals surface area contributed by atoms with E-state index in [1.165, 1.54) is 42.4 Å². The smallest absolute Gasteiger partial charge is 0.0379 e. The number of anilines is 1. The van der Waals surface area contributed by atoms with Crippen LogP contribution in [0.15, 0.2) is 12.1 Å². The van der Waals surface area contributed by atoms with E-state index in [4.69, 9.17) is 5.73 Å². The normalized spacial score (nSPS) is 14.5. The van der Waals surface area contributed by atoms with Gasteiger partial charge in [-0.25, -0.2) is 0 Å². The summed E-state index contributed by atoms with van der Waals surface area (Å²) in [5, 5.41) is 0. The van der Waals surface area contributed by atoms with Crippen molar-refractivity contribution in [2.45, 2.75) is 32.6 Å². The van der Waals surface area contributed by atoms with Gasteiger partial charge in [0.05, 0.1) is 0 Å². The molecule has 2 N–H and O–H groups in total. The van der Waals surface area contributed by atoms with Crippen LogP contribution >= 0.6 is 12.4 Å². The second-order valence-electron chi connectivity index (χ2n) is 3.64. The number of hydrogen-bond donors (Lipinski definition) is 1. The fraction of sp³-hybridized carbons (Fsp3) is 0.455. The van der Waals surface area contributed by atoms with Crippen molar-refractivity contribution in [1.82, 2.24) is 0 Å². The van der Waals surface area contributed by atoms with Gasteiger partial charge in [-0.3, -0.25) is 0 Å². The second kappa shape index (κ2) is 4.01. The highest BCUT2D eigenvalue weighted by Gasteiger charge is 2.12. The number of nitrogens with two attached hydrogens (primary N) is 1. The van der Waals surface area contributed by atoms with E-state index in [0.717, 1.165) is 5.69 Å². The van der Waals surface area contributed by atoms with Crippen LogP contribution in [0.3, 0.4) is 0 Å². The quantitative estimate of drug-likeness (QED) is 0.636. The van der Waals surface area contributed by atoms with Crippen LogP contribution in [-0.2, 0) is 12.8 Å². The highest BCUT2D eigenvalue weighted by atomic mass is 35.5. The van der Waals surface area contributed by atoms with Gasteiger partial charge >= 0.3 is 0 Å². The first kappa shape index (κ1) is 10.4. The number of aryl methyl sites for hydroxylation is 2. The van der Waals surface area contributed by atoms with Gasteiger partial charge in [0.15, 0.2) is 0 Å². The molecule has 1 aromatic rings. The van der Waals surface area contributed by atoms with Crippen molar-refractivity contribution in [2.75, 3.05) is 5.73 Å². The lowest BCUT2D eigenvalue weighted by molar-refractivity contribution is 0.687. The Kier molecular flexibility index (Phi) is 3.21.